The van der Waals surface area contributed by atoms with E-state index in [9.17, 15) is 50.7 Å². The van der Waals surface area contributed by atoms with E-state index < -0.39 is 101 Å². The predicted molar refractivity (Wildman–Crippen MR) is 143 cm³/mol. The molecule has 11 nitrogen and oxygen atoms in total. The van der Waals surface area contributed by atoms with Crippen LogP contribution in [0.25, 0.3) is 0 Å². The van der Waals surface area contributed by atoms with E-state index in [0.29, 0.717) is 24.3 Å². The smallest absolute Gasteiger partial charge is 0.356 e. The Morgan fingerprint density at radius 2 is 1.66 bits per heavy atom. The first-order chi connectivity index (χ1) is 20.1. The average molecular weight is 636 g/mol. The number of ketones is 1. The Morgan fingerprint density at radius 1 is 1.05 bits per heavy atom. The summed E-state index contributed by atoms with van der Waals surface area (Å²) < 4.78 is 66.2. The molecule has 3 saturated heterocycles. The molecule has 3 aliphatic heterocycles. The molecule has 16 heteroatoms. The topological polar surface area (TPSA) is 145 Å². The van der Waals surface area contributed by atoms with E-state index >= 15 is 0 Å². The molecule has 1 saturated carbocycles. The first-order valence-electron chi connectivity index (χ1n) is 14.5. The maximum absolute atomic E-state index is 13.9. The van der Waals surface area contributed by atoms with Crippen LogP contribution in [0.4, 0.5) is 22.0 Å². The van der Waals surface area contributed by atoms with Crippen LogP contribution in [0.2, 0.25) is 0 Å². The maximum Gasteiger partial charge on any atom is 0.471 e. The van der Waals surface area contributed by atoms with Gasteiger partial charge < -0.3 is 25.8 Å². The lowest BCUT2D eigenvalue weighted by atomic mass is 9.85. The zero-order valence-electron chi connectivity index (χ0n) is 25.1. The molecule has 6 atom stereocenters. The minimum absolute atomic E-state index is 0.00547. The highest BCUT2D eigenvalue weighted by Crippen LogP contribution is 2.65. The zero-order valence-corrected chi connectivity index (χ0v) is 25.1. The van der Waals surface area contributed by atoms with Crippen LogP contribution >= 0.6 is 0 Å². The molecule has 0 bridgehead atoms. The minimum Gasteiger partial charge on any atom is -0.356 e. The van der Waals surface area contributed by atoms with E-state index in [0.717, 1.165) is 4.90 Å². The highest BCUT2D eigenvalue weighted by atomic mass is 19.4. The van der Waals surface area contributed by atoms with Crippen molar-refractivity contribution >= 4 is 35.3 Å². The molecule has 1 aliphatic carbocycles. The van der Waals surface area contributed by atoms with Gasteiger partial charge in [-0.15, -0.1) is 0 Å². The number of carbonyl (C=O) groups is 6. The second-order valence-electron chi connectivity index (χ2n) is 14.0. The zero-order chi connectivity index (χ0) is 33.2. The van der Waals surface area contributed by atoms with Gasteiger partial charge in [0.25, 0.3) is 11.8 Å². The molecule has 3 N–H and O–H groups in total. The van der Waals surface area contributed by atoms with Crippen molar-refractivity contribution in [3.63, 3.8) is 0 Å². The quantitative estimate of drug-likeness (QED) is 0.268. The Bertz CT molecular complexity index is 1240. The number of carbonyl (C=O) groups excluding carboxylic acids is 6. The second-order valence-corrected chi connectivity index (χ2v) is 14.0. The number of halogens is 5. The van der Waals surface area contributed by atoms with E-state index in [-0.39, 0.29) is 18.9 Å². The Labute approximate surface area is 251 Å². The van der Waals surface area contributed by atoms with Crippen molar-refractivity contribution < 1.29 is 50.7 Å². The van der Waals surface area contributed by atoms with Crippen molar-refractivity contribution in [3.05, 3.63) is 0 Å². The number of amides is 5. The Kier molecular flexibility index (Phi) is 8.57. The fraction of sp³-hybridized carbons (Fsp3) is 0.786. The summed E-state index contributed by atoms with van der Waals surface area (Å²) in [7, 11) is 0. The number of Topliss-reactive ketones (excluding diaryl/α,β-unsaturated/α-hetero) is 1. The van der Waals surface area contributed by atoms with Crippen molar-refractivity contribution in [2.75, 3.05) is 26.2 Å². The molecule has 5 amide bonds. The molecule has 0 radical (unpaired) electrons. The molecule has 4 rings (SSSR count). The van der Waals surface area contributed by atoms with E-state index in [1.165, 1.54) is 20.8 Å². The van der Waals surface area contributed by atoms with Crippen LogP contribution in [0.5, 0.6) is 0 Å². The van der Waals surface area contributed by atoms with Gasteiger partial charge in [0.2, 0.25) is 23.5 Å². The number of nitrogens with zero attached hydrogens (tertiary/aromatic N) is 2. The molecular formula is C28H38F5N5O6. The van der Waals surface area contributed by atoms with Gasteiger partial charge in [0.1, 0.15) is 12.1 Å². The van der Waals surface area contributed by atoms with Crippen LogP contribution in [-0.2, 0) is 28.8 Å². The third kappa shape index (κ3) is 6.53. The summed E-state index contributed by atoms with van der Waals surface area (Å²) >= 11 is 0. The van der Waals surface area contributed by atoms with Crippen molar-refractivity contribution in [2.45, 2.75) is 84.1 Å². The van der Waals surface area contributed by atoms with Crippen molar-refractivity contribution in [1.82, 2.24) is 25.8 Å². The van der Waals surface area contributed by atoms with Gasteiger partial charge in [0.05, 0.1) is 19.1 Å². The highest BCUT2D eigenvalue weighted by molar-refractivity contribution is 6.38. The van der Waals surface area contributed by atoms with Gasteiger partial charge in [-0.2, -0.15) is 13.2 Å². The Balaban J connectivity index is 1.59. The minimum atomic E-state index is -5.26. The summed E-state index contributed by atoms with van der Waals surface area (Å²) in [6, 6.07) is -4.51. The molecular weight excluding hydrogens is 597 g/mol. The standard InChI is InChI=1S/C28H38F5N5O6/c1-25(2,3)19(36-24(44)28(31,32)33)23(43)38-10-14-16(26(14,4)5)17(38)21(41)35-15(9-13-7-6-8-34-20(13)40)18(39)22(42)37-11-27(29,30)12-37/h13-17,19H,6-12H2,1-5H3,(H,34,40)(H,35,41)(H,36,44)/t13-,14-,15?,16-,17-,19?/m0/s1. The number of likely N-dealkylation sites (tertiary alicyclic amines) is 2. The number of nitrogens with one attached hydrogen (secondary N) is 3. The Morgan fingerprint density at radius 3 is 2.18 bits per heavy atom. The van der Waals surface area contributed by atoms with Crippen LogP contribution in [0.1, 0.15) is 53.9 Å². The highest BCUT2D eigenvalue weighted by Gasteiger charge is 2.70. The first kappa shape index (κ1) is 33.6. The van der Waals surface area contributed by atoms with Crippen molar-refractivity contribution in [3.8, 4) is 0 Å². The SMILES string of the molecule is CC(C)(C)C(NC(=O)C(F)(F)F)C(=O)N1C[C@H]2[C@@H]([C@H]1C(=O)NC(C[C@@H]1CCCNC1=O)C(=O)C(=O)N1CC(F)(F)C1)C2(C)C. The fourth-order valence-electron chi connectivity index (χ4n) is 6.63. The van der Waals surface area contributed by atoms with Gasteiger partial charge in [-0.1, -0.05) is 34.6 Å². The van der Waals surface area contributed by atoms with Crippen molar-refractivity contribution in [2.24, 2.45) is 28.6 Å². The summed E-state index contributed by atoms with van der Waals surface area (Å²) in [5.41, 5.74) is -1.65. The van der Waals surface area contributed by atoms with Crippen molar-refractivity contribution in [1.29, 1.82) is 0 Å². The van der Waals surface area contributed by atoms with Crippen LogP contribution in [0, 0.1) is 28.6 Å². The Hall–Kier alpha value is -3.33. The predicted octanol–water partition coefficient (Wildman–Crippen LogP) is 1.01. The summed E-state index contributed by atoms with van der Waals surface area (Å²) in [5, 5.41) is 6.88. The van der Waals surface area contributed by atoms with E-state index in [4.69, 9.17) is 0 Å². The molecule has 0 aromatic carbocycles. The number of piperidine rings is 2. The van der Waals surface area contributed by atoms with Gasteiger partial charge in [-0.05, 0) is 41.9 Å². The summed E-state index contributed by atoms with van der Waals surface area (Å²) in [6.07, 6.45) is -4.64. The van der Waals surface area contributed by atoms with E-state index in [1.807, 2.05) is 13.8 Å². The maximum atomic E-state index is 13.9. The summed E-state index contributed by atoms with van der Waals surface area (Å²) in [6.45, 7) is 6.52. The van der Waals surface area contributed by atoms with E-state index in [1.54, 1.807) is 5.32 Å². The molecule has 3 heterocycles. The van der Waals surface area contributed by atoms with E-state index in [2.05, 4.69) is 10.6 Å². The first-order valence-corrected chi connectivity index (χ1v) is 14.5. The molecule has 0 aromatic rings. The average Bonchev–Trinajstić information content (AvgIpc) is 3.20. The van der Waals surface area contributed by atoms with Crippen LogP contribution in [-0.4, -0.2) is 102 Å². The van der Waals surface area contributed by atoms with Gasteiger partial charge in [-0.25, -0.2) is 8.78 Å². The van der Waals surface area contributed by atoms with Crippen LogP contribution in [0.15, 0.2) is 0 Å². The molecule has 0 spiro atoms. The second kappa shape index (κ2) is 11.2. The summed E-state index contributed by atoms with van der Waals surface area (Å²) in [5.74, 6) is -11.5. The number of alkyl halides is 5. The van der Waals surface area contributed by atoms with Gasteiger partial charge in [-0.3, -0.25) is 28.8 Å². The molecule has 246 valence electrons. The number of rotatable bonds is 8. The third-order valence-electron chi connectivity index (χ3n) is 9.30. The number of hydrogen-bond donors (Lipinski definition) is 3. The molecule has 44 heavy (non-hydrogen) atoms. The number of hydrogen-bond acceptors (Lipinski definition) is 6. The summed E-state index contributed by atoms with van der Waals surface area (Å²) in [4.78, 5) is 79.7. The fourth-order valence-corrected chi connectivity index (χ4v) is 6.63. The number of fused-ring (bicyclic) bond motifs is 1. The lowest BCUT2D eigenvalue weighted by Crippen LogP contribution is -2.63. The molecule has 4 aliphatic rings. The van der Waals surface area contributed by atoms with Gasteiger partial charge in [0, 0.05) is 19.0 Å². The van der Waals surface area contributed by atoms with Gasteiger partial charge in [0.15, 0.2) is 0 Å². The normalized spacial score (nSPS) is 28.5. The molecule has 4 fully saturated rings. The van der Waals surface area contributed by atoms with Crippen LogP contribution in [0.3, 0.4) is 0 Å². The third-order valence-corrected chi connectivity index (χ3v) is 9.30. The largest absolute Gasteiger partial charge is 0.471 e. The lowest BCUT2D eigenvalue weighted by Gasteiger charge is -2.39. The molecule has 2 unspecified atom stereocenters. The monoisotopic (exact) mass is 635 g/mol. The van der Waals surface area contributed by atoms with Crippen LogP contribution < -0.4 is 16.0 Å². The molecule has 0 aromatic heterocycles. The van der Waals surface area contributed by atoms with Gasteiger partial charge >= 0.3 is 12.1 Å². The lowest BCUT2D eigenvalue weighted by molar-refractivity contribution is -0.176.